The lowest BCUT2D eigenvalue weighted by Crippen LogP contribution is -2.33. The van der Waals surface area contributed by atoms with Gasteiger partial charge < -0.3 is 14.8 Å². The molecule has 3 aromatic rings. The normalized spacial score (nSPS) is 16.2. The van der Waals surface area contributed by atoms with E-state index in [9.17, 15) is 23.2 Å². The molecule has 1 aliphatic rings. The largest absolute Gasteiger partial charge is 0.496 e. The summed E-state index contributed by atoms with van der Waals surface area (Å²) in [6, 6.07) is 8.78. The second-order valence-corrected chi connectivity index (χ2v) is 8.60. The van der Waals surface area contributed by atoms with Crippen LogP contribution in [0.1, 0.15) is 48.9 Å². The highest BCUT2D eigenvalue weighted by Gasteiger charge is 2.38. The van der Waals surface area contributed by atoms with Crippen molar-refractivity contribution in [2.45, 2.75) is 37.6 Å². The molecule has 0 spiro atoms. The van der Waals surface area contributed by atoms with Crippen molar-refractivity contribution in [1.29, 1.82) is 5.26 Å². The Bertz CT molecular complexity index is 1360. The Morgan fingerprint density at radius 1 is 1.23 bits per heavy atom. The number of nitrogens with one attached hydrogen (secondary N) is 1. The molecule has 2 heterocycles. The topological polar surface area (TPSA) is 89.2 Å². The number of hydrogen-bond donors (Lipinski definition) is 1. The maximum Gasteiger partial charge on any atom is 0.274 e. The van der Waals surface area contributed by atoms with Gasteiger partial charge in [-0.2, -0.15) is 10.4 Å². The van der Waals surface area contributed by atoms with Crippen LogP contribution in [0.4, 0.5) is 19.0 Å². The van der Waals surface area contributed by atoms with Crippen molar-refractivity contribution in [3.8, 4) is 11.8 Å². The first kappa shape index (κ1) is 24.5. The number of methoxy groups -OCH3 is 1. The minimum absolute atomic E-state index is 0.0401. The second kappa shape index (κ2) is 9.58. The summed E-state index contributed by atoms with van der Waals surface area (Å²) in [6.45, 7) is 2.43. The molecule has 1 saturated heterocycles. The number of fused-ring (bicyclic) bond motifs is 1. The van der Waals surface area contributed by atoms with Gasteiger partial charge in [0.1, 0.15) is 11.6 Å². The number of alkyl halides is 2. The predicted molar refractivity (Wildman–Crippen MR) is 124 cm³/mol. The van der Waals surface area contributed by atoms with Crippen LogP contribution in [0.3, 0.4) is 0 Å². The van der Waals surface area contributed by atoms with E-state index in [1.54, 1.807) is 19.1 Å². The Balaban J connectivity index is 1.87. The van der Waals surface area contributed by atoms with E-state index < -0.39 is 29.3 Å². The molecule has 1 aliphatic heterocycles. The average molecular weight is 486 g/mol. The summed E-state index contributed by atoms with van der Waals surface area (Å²) in [4.78, 5) is 12.9. The summed E-state index contributed by atoms with van der Waals surface area (Å²) < 4.78 is 53.3. The van der Waals surface area contributed by atoms with Crippen LogP contribution in [-0.4, -0.2) is 30.1 Å². The number of hydrogen-bond acceptors (Lipinski definition) is 6. The fourth-order valence-electron chi connectivity index (χ4n) is 4.54. The van der Waals surface area contributed by atoms with Gasteiger partial charge in [0, 0.05) is 36.8 Å². The van der Waals surface area contributed by atoms with Gasteiger partial charge in [-0.25, -0.2) is 17.9 Å². The van der Waals surface area contributed by atoms with Gasteiger partial charge in [-0.3, -0.25) is 4.79 Å². The summed E-state index contributed by atoms with van der Waals surface area (Å²) in [7, 11) is 2.95. The van der Waals surface area contributed by atoms with E-state index >= 15 is 0 Å². The van der Waals surface area contributed by atoms with Gasteiger partial charge in [0.05, 0.1) is 35.6 Å². The first-order chi connectivity index (χ1) is 16.7. The molecule has 1 atom stereocenters. The van der Waals surface area contributed by atoms with Crippen molar-refractivity contribution in [3.63, 3.8) is 0 Å². The first-order valence-corrected chi connectivity index (χ1v) is 11.1. The highest BCUT2D eigenvalue weighted by Crippen LogP contribution is 2.42. The number of nitriles is 1. The van der Waals surface area contributed by atoms with E-state index in [1.165, 1.54) is 26.3 Å². The zero-order valence-electron chi connectivity index (χ0n) is 19.6. The minimum atomic E-state index is -2.95. The summed E-state index contributed by atoms with van der Waals surface area (Å²) in [5.41, 5.74) is -1.29. The average Bonchev–Trinajstić information content (AvgIpc) is 2.86. The molecule has 0 aliphatic carbocycles. The van der Waals surface area contributed by atoms with Gasteiger partial charge in [-0.1, -0.05) is 18.2 Å². The molecule has 1 aromatic heterocycles. The van der Waals surface area contributed by atoms with Crippen LogP contribution in [0.25, 0.3) is 10.8 Å². The first-order valence-electron chi connectivity index (χ1n) is 11.1. The molecule has 10 heteroatoms. The zero-order chi connectivity index (χ0) is 25.3. The molecular formula is C25H25F3N4O3. The standard InChI is InChI=1S/C25H25F3N4O3/c1-14(15-5-4-6-16(21(15)26)22(27)28)30-23-17-11-19(25(13-29)7-9-35-10-8-25)20(34-3)12-18(17)24(33)32(2)31-23/h4-6,11-12,14,22H,7-10H2,1-3H3,(H,30,31)/t14-/m1/s1. The van der Waals surface area contributed by atoms with Crippen LogP contribution >= 0.6 is 0 Å². The number of ether oxygens (including phenoxy) is 2. The maximum atomic E-state index is 14.8. The Kier molecular flexibility index (Phi) is 6.72. The highest BCUT2D eigenvalue weighted by molar-refractivity contribution is 5.93. The van der Waals surface area contributed by atoms with E-state index in [4.69, 9.17) is 9.47 Å². The monoisotopic (exact) mass is 486 g/mol. The number of halogens is 3. The van der Waals surface area contributed by atoms with Gasteiger partial charge in [0.15, 0.2) is 5.82 Å². The van der Waals surface area contributed by atoms with E-state index in [0.29, 0.717) is 48.1 Å². The Morgan fingerprint density at radius 2 is 1.91 bits per heavy atom. The number of benzene rings is 2. The minimum Gasteiger partial charge on any atom is -0.496 e. The second-order valence-electron chi connectivity index (χ2n) is 8.60. The van der Waals surface area contributed by atoms with Crippen LogP contribution < -0.4 is 15.6 Å². The van der Waals surface area contributed by atoms with Crippen LogP contribution in [0.2, 0.25) is 0 Å². The number of aromatic nitrogens is 2. The van der Waals surface area contributed by atoms with Crippen LogP contribution in [0, 0.1) is 17.1 Å². The molecule has 0 unspecified atom stereocenters. The maximum absolute atomic E-state index is 14.8. The molecule has 2 aromatic carbocycles. The molecule has 0 amide bonds. The van der Waals surface area contributed by atoms with Gasteiger partial charge in [0.2, 0.25) is 0 Å². The van der Waals surface area contributed by atoms with Gasteiger partial charge in [0.25, 0.3) is 12.0 Å². The van der Waals surface area contributed by atoms with Crippen molar-refractivity contribution in [1.82, 2.24) is 9.78 Å². The third-order valence-corrected chi connectivity index (χ3v) is 6.56. The molecule has 7 nitrogen and oxygen atoms in total. The molecule has 4 rings (SSSR count). The Morgan fingerprint density at radius 3 is 2.54 bits per heavy atom. The molecule has 35 heavy (non-hydrogen) atoms. The zero-order valence-corrected chi connectivity index (χ0v) is 19.6. The smallest absolute Gasteiger partial charge is 0.274 e. The van der Waals surface area contributed by atoms with E-state index in [0.717, 1.165) is 10.7 Å². The van der Waals surface area contributed by atoms with Crippen molar-refractivity contribution in [2.75, 3.05) is 25.6 Å². The predicted octanol–water partition coefficient (Wildman–Crippen LogP) is 4.76. The quantitative estimate of drug-likeness (QED) is 0.540. The number of rotatable bonds is 6. The van der Waals surface area contributed by atoms with Crippen LogP contribution in [0.5, 0.6) is 5.75 Å². The fraction of sp³-hybridized carbons (Fsp3) is 0.400. The number of nitrogens with zero attached hydrogens (tertiary/aromatic N) is 3. The van der Waals surface area contributed by atoms with Crippen molar-refractivity contribution < 1.29 is 22.6 Å². The highest BCUT2D eigenvalue weighted by atomic mass is 19.3. The lowest BCUT2D eigenvalue weighted by atomic mass is 9.74. The van der Waals surface area contributed by atoms with Gasteiger partial charge in [-0.15, -0.1) is 0 Å². The third kappa shape index (κ3) is 4.32. The lowest BCUT2D eigenvalue weighted by Gasteiger charge is -2.32. The number of anilines is 1. The summed E-state index contributed by atoms with van der Waals surface area (Å²) in [5.74, 6) is -0.343. The Labute approximate surface area is 200 Å². The molecule has 0 saturated carbocycles. The fourth-order valence-corrected chi connectivity index (χ4v) is 4.54. The SMILES string of the molecule is COc1cc2c(=O)n(C)nc(N[C@H](C)c3cccc(C(F)F)c3F)c2cc1C1(C#N)CCOCC1. The van der Waals surface area contributed by atoms with E-state index in [2.05, 4.69) is 16.5 Å². The number of aryl methyl sites for hydroxylation is 1. The Hall–Kier alpha value is -3.58. The van der Waals surface area contributed by atoms with Gasteiger partial charge >= 0.3 is 0 Å². The summed E-state index contributed by atoms with van der Waals surface area (Å²) >= 11 is 0. The van der Waals surface area contributed by atoms with Crippen LogP contribution in [0.15, 0.2) is 35.1 Å². The van der Waals surface area contributed by atoms with Gasteiger partial charge in [-0.05, 0) is 31.9 Å². The molecule has 0 bridgehead atoms. The molecule has 1 fully saturated rings. The van der Waals surface area contributed by atoms with Crippen LogP contribution in [-0.2, 0) is 17.2 Å². The third-order valence-electron chi connectivity index (χ3n) is 6.56. The molecule has 1 N–H and O–H groups in total. The lowest BCUT2D eigenvalue weighted by molar-refractivity contribution is 0.0669. The summed E-state index contributed by atoms with van der Waals surface area (Å²) in [5, 5.41) is 18.2. The molecular weight excluding hydrogens is 461 g/mol. The van der Waals surface area contributed by atoms with E-state index in [1.807, 2.05) is 0 Å². The summed E-state index contributed by atoms with van der Waals surface area (Å²) in [6.07, 6.45) is -2.04. The molecule has 0 radical (unpaired) electrons. The molecule has 184 valence electrons. The van der Waals surface area contributed by atoms with Crippen molar-refractivity contribution in [3.05, 3.63) is 63.2 Å². The van der Waals surface area contributed by atoms with Crippen molar-refractivity contribution >= 4 is 16.6 Å². The van der Waals surface area contributed by atoms with E-state index in [-0.39, 0.29) is 16.9 Å². The van der Waals surface area contributed by atoms with Crippen molar-refractivity contribution in [2.24, 2.45) is 7.05 Å².